The smallest absolute Gasteiger partial charge is 0.130 e. The predicted molar refractivity (Wildman–Crippen MR) is 62.6 cm³/mol. The molecule has 1 aromatic carbocycles. The highest BCUT2D eigenvalue weighted by atomic mass is 35.5. The fourth-order valence-corrected chi connectivity index (χ4v) is 1.44. The summed E-state index contributed by atoms with van der Waals surface area (Å²) in [7, 11) is 1.80. The van der Waals surface area contributed by atoms with Crippen molar-refractivity contribution in [3.05, 3.63) is 35.4 Å². The number of benzene rings is 1. The first-order chi connectivity index (χ1) is 7.38. The number of hydrogen-bond acceptors (Lipinski definition) is 1. The molecule has 4 heteroatoms. The van der Waals surface area contributed by atoms with E-state index in [4.69, 9.17) is 11.6 Å². The fraction of sp³-hybridized carbons (Fsp3) is 0.500. The maximum absolute atomic E-state index is 13.4. The molecule has 0 spiro atoms. The number of alkyl halides is 1. The number of halogens is 3. The summed E-state index contributed by atoms with van der Waals surface area (Å²) in [4.78, 5) is 1.83. The van der Waals surface area contributed by atoms with Crippen molar-refractivity contribution in [2.45, 2.75) is 25.9 Å². The van der Waals surface area contributed by atoms with Gasteiger partial charge < -0.3 is 0 Å². The molecule has 0 bridgehead atoms. The van der Waals surface area contributed by atoms with Crippen LogP contribution in [0.5, 0.6) is 0 Å². The molecule has 0 radical (unpaired) electrons. The van der Waals surface area contributed by atoms with Crippen LogP contribution in [0, 0.1) is 11.6 Å². The van der Waals surface area contributed by atoms with Gasteiger partial charge in [0, 0.05) is 23.5 Å². The second kappa shape index (κ2) is 5.11. The van der Waals surface area contributed by atoms with Crippen LogP contribution in [0.25, 0.3) is 0 Å². The van der Waals surface area contributed by atoms with E-state index < -0.39 is 11.6 Å². The third kappa shape index (κ3) is 2.92. The van der Waals surface area contributed by atoms with E-state index in [1.807, 2.05) is 18.7 Å². The number of hydrogen-bond donors (Lipinski definition) is 0. The van der Waals surface area contributed by atoms with Crippen LogP contribution in [-0.2, 0) is 6.54 Å². The molecule has 1 nitrogen and oxygen atoms in total. The van der Waals surface area contributed by atoms with Crippen LogP contribution in [0.4, 0.5) is 8.78 Å². The third-order valence-electron chi connectivity index (χ3n) is 2.82. The molecule has 0 unspecified atom stereocenters. The van der Waals surface area contributed by atoms with Crippen molar-refractivity contribution in [1.82, 2.24) is 4.90 Å². The molecule has 0 saturated heterocycles. The second-order valence-electron chi connectivity index (χ2n) is 4.50. The van der Waals surface area contributed by atoms with Gasteiger partial charge in [0.2, 0.25) is 0 Å². The van der Waals surface area contributed by atoms with Gasteiger partial charge in [-0.3, -0.25) is 4.90 Å². The van der Waals surface area contributed by atoms with Gasteiger partial charge in [-0.15, -0.1) is 11.6 Å². The van der Waals surface area contributed by atoms with Gasteiger partial charge in [-0.2, -0.15) is 0 Å². The van der Waals surface area contributed by atoms with Crippen LogP contribution >= 0.6 is 11.6 Å². The lowest BCUT2D eigenvalue weighted by atomic mass is 10.0. The number of nitrogens with zero attached hydrogens (tertiary/aromatic N) is 1. The average Bonchev–Trinajstić information content (AvgIpc) is 2.23. The molecule has 0 saturated carbocycles. The van der Waals surface area contributed by atoms with Gasteiger partial charge in [-0.25, -0.2) is 8.78 Å². The van der Waals surface area contributed by atoms with Crippen molar-refractivity contribution in [3.8, 4) is 0 Å². The Morgan fingerprint density at radius 2 is 1.75 bits per heavy atom. The lowest BCUT2D eigenvalue weighted by Gasteiger charge is -2.33. The van der Waals surface area contributed by atoms with E-state index in [9.17, 15) is 8.78 Å². The van der Waals surface area contributed by atoms with Crippen molar-refractivity contribution in [3.63, 3.8) is 0 Å². The Morgan fingerprint density at radius 1 is 1.25 bits per heavy atom. The van der Waals surface area contributed by atoms with Gasteiger partial charge in [0.1, 0.15) is 11.6 Å². The Morgan fingerprint density at radius 3 is 2.19 bits per heavy atom. The topological polar surface area (TPSA) is 3.24 Å². The fourth-order valence-electron chi connectivity index (χ4n) is 1.24. The Balaban J connectivity index is 2.89. The Bertz CT molecular complexity index is 346. The molecule has 0 amide bonds. The standard InChI is InChI=1S/C12H16ClF2N/c1-12(2,8-13)16(3)7-9-10(14)5-4-6-11(9)15/h4-6H,7-8H2,1-3H3. The van der Waals surface area contributed by atoms with Crippen molar-refractivity contribution in [1.29, 1.82) is 0 Å². The summed E-state index contributed by atoms with van der Waals surface area (Å²) in [5, 5.41) is 0. The zero-order chi connectivity index (χ0) is 12.3. The highest BCUT2D eigenvalue weighted by Crippen LogP contribution is 2.20. The second-order valence-corrected chi connectivity index (χ2v) is 4.77. The predicted octanol–water partition coefficient (Wildman–Crippen LogP) is 3.41. The molecule has 0 fully saturated rings. The van der Waals surface area contributed by atoms with E-state index in [2.05, 4.69) is 0 Å². The van der Waals surface area contributed by atoms with Crippen molar-refractivity contribution < 1.29 is 8.78 Å². The normalized spacial score (nSPS) is 12.2. The largest absolute Gasteiger partial charge is 0.296 e. The molecule has 1 aromatic rings. The third-order valence-corrected chi connectivity index (χ3v) is 3.47. The average molecular weight is 248 g/mol. The summed E-state index contributed by atoms with van der Waals surface area (Å²) >= 11 is 5.80. The SMILES string of the molecule is CN(Cc1c(F)cccc1F)C(C)(C)CCl. The first kappa shape index (κ1) is 13.4. The van der Waals surface area contributed by atoms with Gasteiger partial charge in [-0.1, -0.05) is 6.07 Å². The molecule has 0 atom stereocenters. The van der Waals surface area contributed by atoms with E-state index in [0.717, 1.165) is 0 Å². The minimum atomic E-state index is -0.516. The lowest BCUT2D eigenvalue weighted by molar-refractivity contribution is 0.166. The maximum Gasteiger partial charge on any atom is 0.130 e. The van der Waals surface area contributed by atoms with Crippen LogP contribution < -0.4 is 0 Å². The van der Waals surface area contributed by atoms with Crippen LogP contribution in [0.3, 0.4) is 0 Å². The van der Waals surface area contributed by atoms with E-state index in [1.54, 1.807) is 7.05 Å². The molecule has 0 N–H and O–H groups in total. The van der Waals surface area contributed by atoms with Gasteiger partial charge in [0.05, 0.1) is 0 Å². The molecule has 0 aliphatic carbocycles. The van der Waals surface area contributed by atoms with Gasteiger partial charge in [-0.05, 0) is 33.0 Å². The zero-order valence-corrected chi connectivity index (χ0v) is 10.5. The van der Waals surface area contributed by atoms with E-state index in [0.29, 0.717) is 5.88 Å². The quantitative estimate of drug-likeness (QED) is 0.737. The summed E-state index contributed by atoms with van der Waals surface area (Å²) in [5.74, 6) is -0.631. The van der Waals surface area contributed by atoms with Crippen LogP contribution in [-0.4, -0.2) is 23.4 Å². The Kier molecular flexibility index (Phi) is 4.28. The van der Waals surface area contributed by atoms with E-state index in [1.165, 1.54) is 18.2 Å². The minimum Gasteiger partial charge on any atom is -0.296 e. The summed E-state index contributed by atoms with van der Waals surface area (Å²) in [6.45, 7) is 4.07. The molecule has 0 aromatic heterocycles. The summed E-state index contributed by atoms with van der Waals surface area (Å²) in [6.07, 6.45) is 0. The summed E-state index contributed by atoms with van der Waals surface area (Å²) in [5.41, 5.74) is -0.209. The van der Waals surface area contributed by atoms with Gasteiger partial charge in [0.25, 0.3) is 0 Å². The summed E-state index contributed by atoms with van der Waals surface area (Å²) in [6, 6.07) is 3.89. The summed E-state index contributed by atoms with van der Waals surface area (Å²) < 4.78 is 26.8. The molecular formula is C12H16ClF2N. The molecule has 0 aliphatic rings. The highest BCUT2D eigenvalue weighted by molar-refractivity contribution is 6.18. The van der Waals surface area contributed by atoms with Gasteiger partial charge in [0.15, 0.2) is 0 Å². The van der Waals surface area contributed by atoms with Crippen molar-refractivity contribution in [2.24, 2.45) is 0 Å². The number of rotatable bonds is 4. The minimum absolute atomic E-state index is 0.0863. The monoisotopic (exact) mass is 247 g/mol. The molecule has 1 rings (SSSR count). The Labute approximate surface area is 100 Å². The van der Waals surface area contributed by atoms with E-state index >= 15 is 0 Å². The molecule has 16 heavy (non-hydrogen) atoms. The molecule has 90 valence electrons. The first-order valence-corrected chi connectivity index (χ1v) is 5.62. The first-order valence-electron chi connectivity index (χ1n) is 5.08. The molecular weight excluding hydrogens is 232 g/mol. The van der Waals surface area contributed by atoms with Crippen LogP contribution in [0.1, 0.15) is 19.4 Å². The van der Waals surface area contributed by atoms with Crippen molar-refractivity contribution in [2.75, 3.05) is 12.9 Å². The molecule has 0 aliphatic heterocycles. The molecule has 0 heterocycles. The lowest BCUT2D eigenvalue weighted by Crippen LogP contribution is -2.42. The zero-order valence-electron chi connectivity index (χ0n) is 9.73. The maximum atomic E-state index is 13.4. The van der Waals surface area contributed by atoms with Crippen LogP contribution in [0.2, 0.25) is 0 Å². The van der Waals surface area contributed by atoms with Crippen LogP contribution in [0.15, 0.2) is 18.2 Å². The van der Waals surface area contributed by atoms with Crippen molar-refractivity contribution >= 4 is 11.6 Å². The Hall–Kier alpha value is -0.670. The van der Waals surface area contributed by atoms with E-state index in [-0.39, 0.29) is 17.6 Å². The van der Waals surface area contributed by atoms with Gasteiger partial charge >= 0.3 is 0 Å². The highest BCUT2D eigenvalue weighted by Gasteiger charge is 2.24.